The fraction of sp³-hybridized carbons (Fsp3) is 0. The van der Waals surface area contributed by atoms with Gasteiger partial charge in [-0.25, -0.2) is 10.7 Å². The lowest BCUT2D eigenvalue weighted by Gasteiger charge is -1.92. The first-order valence-electron chi connectivity index (χ1n) is 3.53. The van der Waals surface area contributed by atoms with Crippen LogP contribution in [0, 0.1) is 17.9 Å². The number of hydrazone groups is 1. The summed E-state index contributed by atoms with van der Waals surface area (Å²) in [5, 5.41) is 12.0. The van der Waals surface area contributed by atoms with Gasteiger partial charge in [-0.2, -0.15) is 0 Å². The van der Waals surface area contributed by atoms with Crippen LogP contribution in [0.4, 0.5) is 5.69 Å². The number of anilines is 1. The Bertz CT molecular complexity index is 364. The third-order valence-corrected chi connectivity index (χ3v) is 1.27. The van der Waals surface area contributed by atoms with Gasteiger partial charge in [-0.05, 0) is 17.2 Å². The van der Waals surface area contributed by atoms with Crippen LogP contribution in [0.3, 0.4) is 0 Å². The van der Waals surface area contributed by atoms with E-state index in [4.69, 9.17) is 11.8 Å². The van der Waals surface area contributed by atoms with Gasteiger partial charge >= 0.3 is 5.84 Å². The third kappa shape index (κ3) is 2.64. The first-order chi connectivity index (χ1) is 6.36. The van der Waals surface area contributed by atoms with E-state index < -0.39 is 0 Å². The van der Waals surface area contributed by atoms with Crippen molar-refractivity contribution in [1.29, 1.82) is 5.26 Å². The van der Waals surface area contributed by atoms with Crippen LogP contribution in [0.5, 0.6) is 0 Å². The van der Waals surface area contributed by atoms with E-state index >= 15 is 0 Å². The SMILES string of the molecule is [C-]#[N+]/C(C#N)=N/Nc1ccccc1. The van der Waals surface area contributed by atoms with Gasteiger partial charge in [-0.15, -0.1) is 0 Å². The number of rotatable bonds is 2. The molecule has 1 aromatic carbocycles. The summed E-state index contributed by atoms with van der Waals surface area (Å²) in [6.07, 6.45) is 0. The Kier molecular flexibility index (Phi) is 3.05. The minimum atomic E-state index is -0.205. The second-order valence-corrected chi connectivity index (χ2v) is 2.14. The Hall–Kier alpha value is -2.33. The molecule has 0 aliphatic carbocycles. The zero-order chi connectivity index (χ0) is 9.52. The molecule has 0 heterocycles. The van der Waals surface area contributed by atoms with E-state index in [0.717, 1.165) is 5.69 Å². The molecule has 4 heteroatoms. The topological polar surface area (TPSA) is 52.5 Å². The van der Waals surface area contributed by atoms with Crippen LogP contribution in [-0.2, 0) is 0 Å². The Morgan fingerprint density at radius 2 is 2.15 bits per heavy atom. The highest BCUT2D eigenvalue weighted by Crippen LogP contribution is 2.04. The van der Waals surface area contributed by atoms with Gasteiger partial charge in [0.25, 0.3) is 0 Å². The number of nitriles is 1. The van der Waals surface area contributed by atoms with Crippen LogP contribution in [-0.4, -0.2) is 5.84 Å². The molecule has 1 aromatic rings. The minimum absolute atomic E-state index is 0.205. The van der Waals surface area contributed by atoms with E-state index in [1.165, 1.54) is 0 Å². The number of hydrogen-bond acceptors (Lipinski definition) is 3. The molecule has 0 saturated carbocycles. The van der Waals surface area contributed by atoms with Crippen molar-refractivity contribution < 1.29 is 0 Å². The summed E-state index contributed by atoms with van der Waals surface area (Å²) in [6, 6.07) is 10.8. The van der Waals surface area contributed by atoms with Crippen molar-refractivity contribution in [2.75, 3.05) is 5.43 Å². The number of hydrogen-bond donors (Lipinski definition) is 1. The molecule has 0 bridgehead atoms. The van der Waals surface area contributed by atoms with Crippen LogP contribution >= 0.6 is 0 Å². The van der Waals surface area contributed by atoms with E-state index in [-0.39, 0.29) is 5.84 Å². The van der Waals surface area contributed by atoms with E-state index in [0.29, 0.717) is 0 Å². The molecule has 1 N–H and O–H groups in total. The van der Waals surface area contributed by atoms with Gasteiger partial charge in [0.05, 0.1) is 5.69 Å². The molecule has 0 aromatic heterocycles. The lowest BCUT2D eigenvalue weighted by atomic mass is 10.3. The Labute approximate surface area is 75.9 Å². The predicted molar refractivity (Wildman–Crippen MR) is 49.7 cm³/mol. The number of nitrogens with one attached hydrogen (secondary N) is 1. The quantitative estimate of drug-likeness (QED) is 0.319. The van der Waals surface area contributed by atoms with Gasteiger partial charge in [0.15, 0.2) is 0 Å². The summed E-state index contributed by atoms with van der Waals surface area (Å²) in [6.45, 7) is 6.56. The summed E-state index contributed by atoms with van der Waals surface area (Å²) >= 11 is 0. The van der Waals surface area contributed by atoms with Crippen LogP contribution in [0.25, 0.3) is 4.85 Å². The molecule has 0 aliphatic heterocycles. The second-order valence-electron chi connectivity index (χ2n) is 2.14. The molecule has 0 fully saturated rings. The van der Waals surface area contributed by atoms with Crippen LogP contribution < -0.4 is 5.43 Å². The predicted octanol–water partition coefficient (Wildman–Crippen LogP) is 1.85. The van der Waals surface area contributed by atoms with Crippen molar-refractivity contribution in [3.05, 3.63) is 41.7 Å². The minimum Gasteiger partial charge on any atom is -0.350 e. The summed E-state index contributed by atoms with van der Waals surface area (Å²) in [4.78, 5) is 2.90. The molecule has 0 atom stereocenters. The standard InChI is InChI=1S/C9H6N4/c1-11-9(7-10)13-12-8-5-3-2-4-6-8/h2-6,12H/b13-9+. The molecule has 0 unspecified atom stereocenters. The third-order valence-electron chi connectivity index (χ3n) is 1.27. The van der Waals surface area contributed by atoms with E-state index in [2.05, 4.69) is 15.4 Å². The first-order valence-corrected chi connectivity index (χ1v) is 3.53. The molecule has 0 amide bonds. The molecule has 0 spiro atoms. The molecule has 0 radical (unpaired) electrons. The number of nitrogens with zero attached hydrogens (tertiary/aromatic N) is 3. The van der Waals surface area contributed by atoms with Crippen molar-refractivity contribution in [2.24, 2.45) is 5.10 Å². The van der Waals surface area contributed by atoms with E-state index in [1.54, 1.807) is 18.2 Å². The first kappa shape index (κ1) is 8.76. The lowest BCUT2D eigenvalue weighted by Crippen LogP contribution is -1.93. The van der Waals surface area contributed by atoms with Crippen molar-refractivity contribution in [3.8, 4) is 6.07 Å². The second kappa shape index (κ2) is 4.53. The van der Waals surface area contributed by atoms with E-state index in [1.807, 2.05) is 18.2 Å². The Morgan fingerprint density at radius 3 is 2.69 bits per heavy atom. The smallest absolute Gasteiger partial charge is 0.350 e. The highest BCUT2D eigenvalue weighted by Gasteiger charge is 1.94. The Balaban J connectivity index is 2.69. The highest BCUT2D eigenvalue weighted by molar-refractivity contribution is 6.04. The molecule has 4 nitrogen and oxygen atoms in total. The maximum atomic E-state index is 8.37. The fourth-order valence-electron chi connectivity index (χ4n) is 0.705. The van der Waals surface area contributed by atoms with Gasteiger partial charge in [0.1, 0.15) is 6.07 Å². The van der Waals surface area contributed by atoms with E-state index in [9.17, 15) is 0 Å². The molecule has 62 valence electrons. The van der Waals surface area contributed by atoms with Crippen molar-refractivity contribution >= 4 is 11.5 Å². The van der Waals surface area contributed by atoms with Crippen molar-refractivity contribution in [3.63, 3.8) is 0 Å². The van der Waals surface area contributed by atoms with Crippen LogP contribution in [0.2, 0.25) is 0 Å². The maximum Gasteiger partial charge on any atom is 0.371 e. The fourth-order valence-corrected chi connectivity index (χ4v) is 0.705. The van der Waals surface area contributed by atoms with Crippen molar-refractivity contribution in [2.45, 2.75) is 0 Å². The molecule has 0 aliphatic rings. The average Bonchev–Trinajstić information content (AvgIpc) is 2.21. The normalized spacial score (nSPS) is 9.85. The summed E-state index contributed by atoms with van der Waals surface area (Å²) < 4.78 is 0. The van der Waals surface area contributed by atoms with Crippen LogP contribution in [0.1, 0.15) is 0 Å². The summed E-state index contributed by atoms with van der Waals surface area (Å²) in [5.74, 6) is -0.205. The molecule has 0 saturated heterocycles. The molecular formula is C9H6N4. The van der Waals surface area contributed by atoms with Crippen molar-refractivity contribution in [1.82, 2.24) is 0 Å². The molecular weight excluding hydrogens is 164 g/mol. The summed E-state index contributed by atoms with van der Waals surface area (Å²) in [5.41, 5.74) is 3.35. The average molecular weight is 170 g/mol. The zero-order valence-electron chi connectivity index (χ0n) is 6.73. The number of para-hydroxylation sites is 1. The van der Waals surface area contributed by atoms with Gasteiger partial charge in [-0.3, -0.25) is 0 Å². The summed E-state index contributed by atoms with van der Waals surface area (Å²) in [7, 11) is 0. The largest absolute Gasteiger partial charge is 0.371 e. The molecule has 1 rings (SSSR count). The van der Waals surface area contributed by atoms with Gasteiger partial charge in [-0.1, -0.05) is 24.8 Å². The zero-order valence-corrected chi connectivity index (χ0v) is 6.73. The maximum absolute atomic E-state index is 8.37. The number of benzene rings is 1. The number of amidine groups is 1. The lowest BCUT2D eigenvalue weighted by molar-refractivity contribution is 1.34. The highest BCUT2D eigenvalue weighted by atomic mass is 15.3. The monoisotopic (exact) mass is 170 g/mol. The van der Waals surface area contributed by atoms with Gasteiger partial charge in [0, 0.05) is 0 Å². The molecule has 13 heavy (non-hydrogen) atoms. The van der Waals surface area contributed by atoms with Crippen LogP contribution in [0.15, 0.2) is 35.4 Å². The Morgan fingerprint density at radius 1 is 1.46 bits per heavy atom. The van der Waals surface area contributed by atoms with Gasteiger partial charge < -0.3 is 4.85 Å². The van der Waals surface area contributed by atoms with Gasteiger partial charge in [0.2, 0.25) is 0 Å².